The highest BCUT2D eigenvalue weighted by Crippen LogP contribution is 2.41. The van der Waals surface area contributed by atoms with Crippen LogP contribution >= 0.6 is 0 Å². The fraction of sp³-hybridized carbons (Fsp3) is 0.625. The first-order valence-electron chi connectivity index (χ1n) is 7.68. The van der Waals surface area contributed by atoms with Gasteiger partial charge in [-0.2, -0.15) is 0 Å². The van der Waals surface area contributed by atoms with Crippen molar-refractivity contribution in [2.45, 2.75) is 57.1 Å². The van der Waals surface area contributed by atoms with Crippen LogP contribution in [-0.4, -0.2) is 12.2 Å². The minimum atomic E-state index is -0.684. The molecular formula is C16H24F2N2O. The maximum absolute atomic E-state index is 14.2. The molecule has 1 aromatic carbocycles. The topological polar surface area (TPSA) is 47.3 Å². The van der Waals surface area contributed by atoms with Gasteiger partial charge in [-0.25, -0.2) is 14.2 Å². The molecule has 0 aromatic heterocycles. The fourth-order valence-corrected chi connectivity index (χ4v) is 3.42. The molecule has 0 spiro atoms. The predicted molar refractivity (Wildman–Crippen MR) is 78.5 cm³/mol. The van der Waals surface area contributed by atoms with Crippen LogP contribution < -0.4 is 11.3 Å². The number of nitrogens with one attached hydrogen (secondary N) is 1. The molecule has 2 rings (SSSR count). The van der Waals surface area contributed by atoms with Gasteiger partial charge in [-0.15, -0.1) is 0 Å². The van der Waals surface area contributed by atoms with E-state index in [4.69, 9.17) is 10.6 Å². The second-order valence-electron chi connectivity index (χ2n) is 5.65. The number of halogens is 2. The average Bonchev–Trinajstić information content (AvgIpc) is 2.70. The zero-order valence-corrected chi connectivity index (χ0v) is 12.5. The Kier molecular flexibility index (Phi) is 5.67. The van der Waals surface area contributed by atoms with E-state index in [1.54, 1.807) is 0 Å². The van der Waals surface area contributed by atoms with Gasteiger partial charge in [-0.05, 0) is 31.9 Å². The number of hydrogen-bond acceptors (Lipinski definition) is 3. The largest absolute Gasteiger partial charge is 0.373 e. The zero-order valence-electron chi connectivity index (χ0n) is 12.5. The normalized spacial score (nSPS) is 20.0. The van der Waals surface area contributed by atoms with Crippen LogP contribution in [0, 0.1) is 11.6 Å². The lowest BCUT2D eigenvalue weighted by Gasteiger charge is -2.40. The van der Waals surface area contributed by atoms with Crippen molar-refractivity contribution in [3.63, 3.8) is 0 Å². The van der Waals surface area contributed by atoms with Crippen molar-refractivity contribution in [2.75, 3.05) is 6.61 Å². The molecule has 1 aliphatic rings. The quantitative estimate of drug-likeness (QED) is 0.496. The van der Waals surface area contributed by atoms with Gasteiger partial charge >= 0.3 is 0 Å². The predicted octanol–water partition coefficient (Wildman–Crippen LogP) is 3.60. The van der Waals surface area contributed by atoms with Crippen LogP contribution in [0.3, 0.4) is 0 Å². The van der Waals surface area contributed by atoms with Crippen molar-refractivity contribution in [3.05, 3.63) is 35.4 Å². The molecule has 118 valence electrons. The summed E-state index contributed by atoms with van der Waals surface area (Å²) in [4.78, 5) is 0. The Hall–Kier alpha value is -1.04. The highest BCUT2D eigenvalue weighted by molar-refractivity contribution is 5.26. The monoisotopic (exact) mass is 298 g/mol. The second-order valence-corrected chi connectivity index (χ2v) is 5.65. The number of nitrogens with two attached hydrogens (primary N) is 1. The van der Waals surface area contributed by atoms with Crippen LogP contribution in [0.2, 0.25) is 0 Å². The summed E-state index contributed by atoms with van der Waals surface area (Å²) in [5, 5.41) is 0. The molecule has 0 heterocycles. The molecule has 0 amide bonds. The molecule has 21 heavy (non-hydrogen) atoms. The summed E-state index contributed by atoms with van der Waals surface area (Å²) in [5.74, 6) is 4.51. The number of hydrogen-bond donors (Lipinski definition) is 2. The van der Waals surface area contributed by atoms with E-state index in [1.807, 2.05) is 6.92 Å². The standard InChI is InChI=1S/C16H24F2N2O/c1-2-21-16(10-5-3-4-6-11-16)15(20-19)14-12(17)8-7-9-13(14)18/h7-9,15,20H,2-6,10-11,19H2,1H3. The SMILES string of the molecule is CCOC1(C(NN)c2c(F)cccc2F)CCCCCC1. The lowest BCUT2D eigenvalue weighted by molar-refractivity contribution is -0.0796. The van der Waals surface area contributed by atoms with Gasteiger partial charge in [0.2, 0.25) is 0 Å². The Morgan fingerprint density at radius 2 is 1.76 bits per heavy atom. The molecule has 1 aromatic rings. The van der Waals surface area contributed by atoms with E-state index < -0.39 is 23.3 Å². The molecule has 1 saturated carbocycles. The Morgan fingerprint density at radius 3 is 2.24 bits per heavy atom. The summed E-state index contributed by atoms with van der Waals surface area (Å²) in [7, 11) is 0. The third-order valence-corrected chi connectivity index (χ3v) is 4.36. The van der Waals surface area contributed by atoms with E-state index in [-0.39, 0.29) is 5.56 Å². The van der Waals surface area contributed by atoms with Crippen molar-refractivity contribution in [2.24, 2.45) is 5.84 Å². The van der Waals surface area contributed by atoms with Crippen molar-refractivity contribution >= 4 is 0 Å². The van der Waals surface area contributed by atoms with Gasteiger partial charge in [0, 0.05) is 12.2 Å². The Labute approximate surface area is 124 Å². The van der Waals surface area contributed by atoms with Crippen LogP contribution in [0.15, 0.2) is 18.2 Å². The Bertz CT molecular complexity index is 439. The lowest BCUT2D eigenvalue weighted by atomic mass is 9.82. The van der Waals surface area contributed by atoms with Crippen LogP contribution in [0.5, 0.6) is 0 Å². The molecule has 1 aliphatic carbocycles. The van der Waals surface area contributed by atoms with Crippen LogP contribution in [0.1, 0.15) is 57.1 Å². The second kappa shape index (κ2) is 7.29. The molecule has 3 N–H and O–H groups in total. The van der Waals surface area contributed by atoms with Crippen LogP contribution in [0.25, 0.3) is 0 Å². The number of benzene rings is 1. The molecule has 1 fully saturated rings. The molecule has 5 heteroatoms. The zero-order chi connectivity index (χ0) is 15.3. The van der Waals surface area contributed by atoms with E-state index in [1.165, 1.54) is 18.2 Å². The minimum absolute atomic E-state index is 0.0182. The molecule has 3 nitrogen and oxygen atoms in total. The van der Waals surface area contributed by atoms with Gasteiger partial charge in [0.25, 0.3) is 0 Å². The van der Waals surface area contributed by atoms with Crippen molar-refractivity contribution in [1.29, 1.82) is 0 Å². The van der Waals surface area contributed by atoms with Crippen LogP contribution in [0.4, 0.5) is 8.78 Å². The first kappa shape index (κ1) is 16.3. The number of hydrazine groups is 1. The molecule has 0 aliphatic heterocycles. The number of ether oxygens (including phenoxy) is 1. The molecule has 0 radical (unpaired) electrons. The van der Waals surface area contributed by atoms with Gasteiger partial charge in [-0.3, -0.25) is 5.84 Å². The molecular weight excluding hydrogens is 274 g/mol. The van der Waals surface area contributed by atoms with Gasteiger partial charge in [-0.1, -0.05) is 31.7 Å². The maximum Gasteiger partial charge on any atom is 0.131 e. The Balaban J connectivity index is 2.44. The highest BCUT2D eigenvalue weighted by atomic mass is 19.1. The molecule has 1 atom stereocenters. The van der Waals surface area contributed by atoms with Gasteiger partial charge < -0.3 is 4.74 Å². The Morgan fingerprint density at radius 1 is 1.19 bits per heavy atom. The van der Waals surface area contributed by atoms with E-state index >= 15 is 0 Å². The van der Waals surface area contributed by atoms with Gasteiger partial charge in [0.1, 0.15) is 11.6 Å². The van der Waals surface area contributed by atoms with Gasteiger partial charge in [0.15, 0.2) is 0 Å². The third kappa shape index (κ3) is 3.42. The molecule has 1 unspecified atom stereocenters. The van der Waals surface area contributed by atoms with Crippen molar-refractivity contribution < 1.29 is 13.5 Å². The maximum atomic E-state index is 14.2. The van der Waals surface area contributed by atoms with E-state index in [0.29, 0.717) is 6.61 Å². The summed E-state index contributed by atoms with van der Waals surface area (Å²) in [6, 6.07) is 3.21. The minimum Gasteiger partial charge on any atom is -0.373 e. The summed E-state index contributed by atoms with van der Waals surface area (Å²) < 4.78 is 34.3. The highest BCUT2D eigenvalue weighted by Gasteiger charge is 2.42. The lowest BCUT2D eigenvalue weighted by Crippen LogP contribution is -2.49. The first-order chi connectivity index (χ1) is 10.1. The number of rotatable bonds is 5. The summed E-state index contributed by atoms with van der Waals surface area (Å²) >= 11 is 0. The van der Waals surface area contributed by atoms with Gasteiger partial charge in [0.05, 0.1) is 11.6 Å². The summed E-state index contributed by atoms with van der Waals surface area (Å²) in [5.41, 5.74) is 1.95. The van der Waals surface area contributed by atoms with E-state index in [0.717, 1.165) is 38.5 Å². The first-order valence-corrected chi connectivity index (χ1v) is 7.68. The van der Waals surface area contributed by atoms with Crippen molar-refractivity contribution in [3.8, 4) is 0 Å². The summed E-state index contributed by atoms with van der Waals surface area (Å²) in [6.45, 7) is 2.40. The third-order valence-electron chi connectivity index (χ3n) is 4.36. The van der Waals surface area contributed by atoms with E-state index in [9.17, 15) is 8.78 Å². The van der Waals surface area contributed by atoms with Crippen molar-refractivity contribution in [1.82, 2.24) is 5.43 Å². The smallest absolute Gasteiger partial charge is 0.131 e. The molecule has 0 bridgehead atoms. The van der Waals surface area contributed by atoms with Crippen LogP contribution in [-0.2, 0) is 4.74 Å². The summed E-state index contributed by atoms with van der Waals surface area (Å²) in [6.07, 6.45) is 5.70. The van der Waals surface area contributed by atoms with E-state index in [2.05, 4.69) is 5.43 Å². The average molecular weight is 298 g/mol. The fourth-order valence-electron chi connectivity index (χ4n) is 3.42. The molecule has 0 saturated heterocycles.